The topological polar surface area (TPSA) is 63.9 Å². The van der Waals surface area contributed by atoms with Gasteiger partial charge in [0.1, 0.15) is 17.1 Å². The second kappa shape index (κ2) is 10.7. The lowest BCUT2D eigenvalue weighted by Gasteiger charge is -2.37. The maximum absolute atomic E-state index is 13.4. The highest BCUT2D eigenvalue weighted by Gasteiger charge is 2.34. The lowest BCUT2D eigenvalue weighted by molar-refractivity contribution is 0.102. The van der Waals surface area contributed by atoms with E-state index in [0.717, 1.165) is 59.5 Å². The molecule has 1 atom stereocenters. The van der Waals surface area contributed by atoms with Crippen LogP contribution in [0.3, 0.4) is 0 Å². The van der Waals surface area contributed by atoms with Gasteiger partial charge >= 0.3 is 0 Å². The molecule has 0 aliphatic carbocycles. The minimum Gasteiger partial charge on any atom is -0.497 e. The van der Waals surface area contributed by atoms with E-state index in [1.807, 2.05) is 73.7 Å². The molecule has 192 valence electrons. The Morgan fingerprint density at radius 1 is 1.00 bits per heavy atom. The molecular formula is C31H34N2O4. The van der Waals surface area contributed by atoms with Crippen molar-refractivity contribution in [3.8, 4) is 11.5 Å². The summed E-state index contributed by atoms with van der Waals surface area (Å²) in [6, 6.07) is 21.0. The van der Waals surface area contributed by atoms with Crippen molar-refractivity contribution in [3.05, 3.63) is 89.2 Å². The second-order valence-electron chi connectivity index (χ2n) is 9.89. The molecule has 0 radical (unpaired) electrons. The number of furan rings is 1. The van der Waals surface area contributed by atoms with Crippen molar-refractivity contribution < 1.29 is 18.7 Å². The zero-order valence-corrected chi connectivity index (χ0v) is 21.9. The largest absolute Gasteiger partial charge is 0.497 e. The first-order valence-electron chi connectivity index (χ1n) is 12.8. The predicted octanol–water partition coefficient (Wildman–Crippen LogP) is 6.83. The highest BCUT2D eigenvalue weighted by atomic mass is 16.5. The molecule has 2 heterocycles. The molecule has 4 aromatic rings. The maximum atomic E-state index is 13.4. The Morgan fingerprint density at radius 2 is 1.73 bits per heavy atom. The smallest absolute Gasteiger partial charge is 0.255 e. The van der Waals surface area contributed by atoms with E-state index in [1.54, 1.807) is 14.2 Å². The van der Waals surface area contributed by atoms with Gasteiger partial charge in [0.2, 0.25) is 0 Å². The fourth-order valence-corrected chi connectivity index (χ4v) is 5.12. The summed E-state index contributed by atoms with van der Waals surface area (Å²) in [4.78, 5) is 15.8. The normalized spacial score (nSPS) is 15.5. The number of amides is 1. The van der Waals surface area contributed by atoms with Crippen molar-refractivity contribution >= 4 is 22.6 Å². The first-order valence-corrected chi connectivity index (χ1v) is 12.8. The average molecular weight is 499 g/mol. The number of fused-ring (bicyclic) bond motifs is 1. The second-order valence-corrected chi connectivity index (χ2v) is 9.89. The molecule has 6 heteroatoms. The van der Waals surface area contributed by atoms with E-state index < -0.39 is 0 Å². The van der Waals surface area contributed by atoms with E-state index in [-0.39, 0.29) is 11.9 Å². The maximum Gasteiger partial charge on any atom is 0.255 e. The first kappa shape index (κ1) is 24.9. The van der Waals surface area contributed by atoms with E-state index in [2.05, 4.69) is 17.1 Å². The molecular weight excluding hydrogens is 464 g/mol. The summed E-state index contributed by atoms with van der Waals surface area (Å²) in [7, 11) is 3.34. The molecule has 0 bridgehead atoms. The zero-order valence-electron chi connectivity index (χ0n) is 21.9. The molecule has 37 heavy (non-hydrogen) atoms. The van der Waals surface area contributed by atoms with Crippen molar-refractivity contribution in [3.63, 3.8) is 0 Å². The van der Waals surface area contributed by atoms with Crippen LogP contribution < -0.4 is 14.8 Å². The van der Waals surface area contributed by atoms with Crippen LogP contribution in [0.5, 0.6) is 11.5 Å². The number of ether oxygens (including phenoxy) is 2. The molecule has 3 aromatic carbocycles. The van der Waals surface area contributed by atoms with Crippen LogP contribution in [0.25, 0.3) is 11.0 Å². The zero-order chi connectivity index (χ0) is 25.9. The number of hydrogen-bond acceptors (Lipinski definition) is 5. The Hall–Kier alpha value is -3.77. The summed E-state index contributed by atoms with van der Waals surface area (Å²) in [6.07, 6.45) is 2.18. The Kier molecular flexibility index (Phi) is 7.19. The summed E-state index contributed by atoms with van der Waals surface area (Å²) in [5.74, 6) is 2.69. The van der Waals surface area contributed by atoms with E-state index in [4.69, 9.17) is 13.9 Å². The molecule has 0 saturated carbocycles. The number of hydrogen-bond donors (Lipinski definition) is 1. The monoisotopic (exact) mass is 498 g/mol. The fourth-order valence-electron chi connectivity index (χ4n) is 5.12. The van der Waals surface area contributed by atoms with Crippen molar-refractivity contribution in [2.24, 2.45) is 5.92 Å². The van der Waals surface area contributed by atoms with Gasteiger partial charge in [-0.3, -0.25) is 9.69 Å². The SMILES string of the molecule is COc1ccc(OC)c([C@@H](c2oc3ccccc3c2NC(=O)c2ccc(C)cc2)N2CCC(C)CC2)c1. The van der Waals surface area contributed by atoms with Crippen molar-refractivity contribution in [1.29, 1.82) is 0 Å². The van der Waals surface area contributed by atoms with Crippen LogP contribution in [0.1, 0.15) is 53.1 Å². The number of anilines is 1. The Balaban J connectivity index is 1.67. The van der Waals surface area contributed by atoms with Crippen LogP contribution >= 0.6 is 0 Å². The molecule has 1 saturated heterocycles. The van der Waals surface area contributed by atoms with Gasteiger partial charge in [-0.25, -0.2) is 0 Å². The Labute approximate surface area is 218 Å². The summed E-state index contributed by atoms with van der Waals surface area (Å²) < 4.78 is 18.0. The number of para-hydroxylation sites is 1. The third kappa shape index (κ3) is 5.07. The van der Waals surface area contributed by atoms with E-state index in [9.17, 15) is 4.79 Å². The lowest BCUT2D eigenvalue weighted by Crippen LogP contribution is -2.37. The molecule has 1 fully saturated rings. The number of likely N-dealkylation sites (tertiary alicyclic amines) is 1. The molecule has 1 N–H and O–H groups in total. The number of piperidine rings is 1. The summed E-state index contributed by atoms with van der Waals surface area (Å²) in [5, 5.41) is 4.07. The Morgan fingerprint density at radius 3 is 2.43 bits per heavy atom. The molecule has 5 rings (SSSR count). The summed E-state index contributed by atoms with van der Waals surface area (Å²) in [5.41, 5.74) is 4.07. The Bertz CT molecular complexity index is 1380. The molecule has 1 amide bonds. The van der Waals surface area contributed by atoms with Crippen molar-refractivity contribution in [2.45, 2.75) is 32.7 Å². The number of benzene rings is 3. The summed E-state index contributed by atoms with van der Waals surface area (Å²) in [6.45, 7) is 6.13. The van der Waals surface area contributed by atoms with E-state index in [0.29, 0.717) is 22.9 Å². The van der Waals surface area contributed by atoms with Gasteiger partial charge in [0.05, 0.1) is 25.9 Å². The van der Waals surface area contributed by atoms with Gasteiger partial charge in [0.15, 0.2) is 5.76 Å². The minimum atomic E-state index is -0.265. The average Bonchev–Trinajstić information content (AvgIpc) is 3.27. The predicted molar refractivity (Wildman–Crippen MR) is 147 cm³/mol. The highest BCUT2D eigenvalue weighted by Crippen LogP contribution is 2.45. The number of nitrogens with one attached hydrogen (secondary N) is 1. The number of rotatable bonds is 7. The molecule has 0 unspecified atom stereocenters. The fraction of sp³-hybridized carbons (Fsp3) is 0.323. The van der Waals surface area contributed by atoms with Crippen molar-refractivity contribution in [2.75, 3.05) is 32.6 Å². The lowest BCUT2D eigenvalue weighted by atomic mass is 9.93. The van der Waals surface area contributed by atoms with Gasteiger partial charge in [-0.05, 0) is 81.2 Å². The van der Waals surface area contributed by atoms with Gasteiger partial charge in [0.25, 0.3) is 5.91 Å². The van der Waals surface area contributed by atoms with Crippen LogP contribution in [0.2, 0.25) is 0 Å². The number of nitrogens with zero attached hydrogens (tertiary/aromatic N) is 1. The summed E-state index contributed by atoms with van der Waals surface area (Å²) >= 11 is 0. The number of aryl methyl sites for hydroxylation is 1. The standard InChI is InChI=1S/C31H34N2O4/c1-20-9-11-22(12-10-20)31(34)32-28-24-7-5-6-8-27(24)37-30(28)29(33-17-15-21(2)16-18-33)25-19-23(35-3)13-14-26(25)36-4/h5-14,19,21,29H,15-18H2,1-4H3,(H,32,34)/t29-/m0/s1. The number of carbonyl (C=O) groups excluding carboxylic acids is 1. The van der Waals surface area contributed by atoms with Gasteiger partial charge < -0.3 is 19.2 Å². The third-order valence-electron chi connectivity index (χ3n) is 7.34. The van der Waals surface area contributed by atoms with Gasteiger partial charge in [-0.1, -0.05) is 36.8 Å². The van der Waals surface area contributed by atoms with Crippen LogP contribution in [0.4, 0.5) is 5.69 Å². The van der Waals surface area contributed by atoms with Gasteiger partial charge in [0, 0.05) is 16.5 Å². The van der Waals surface area contributed by atoms with E-state index >= 15 is 0 Å². The van der Waals surface area contributed by atoms with Crippen LogP contribution in [-0.2, 0) is 0 Å². The highest BCUT2D eigenvalue weighted by molar-refractivity contribution is 6.09. The molecule has 1 aliphatic rings. The molecule has 1 aromatic heterocycles. The quantitative estimate of drug-likeness (QED) is 0.302. The molecule has 6 nitrogen and oxygen atoms in total. The van der Waals surface area contributed by atoms with Crippen LogP contribution in [0, 0.1) is 12.8 Å². The van der Waals surface area contributed by atoms with Crippen LogP contribution in [0.15, 0.2) is 71.1 Å². The molecule has 1 aliphatic heterocycles. The molecule has 0 spiro atoms. The van der Waals surface area contributed by atoms with Crippen LogP contribution in [-0.4, -0.2) is 38.1 Å². The van der Waals surface area contributed by atoms with Crippen molar-refractivity contribution in [1.82, 2.24) is 4.90 Å². The first-order chi connectivity index (χ1) is 18.0. The van der Waals surface area contributed by atoms with E-state index in [1.165, 1.54) is 0 Å². The van der Waals surface area contributed by atoms with Gasteiger partial charge in [-0.15, -0.1) is 0 Å². The number of methoxy groups -OCH3 is 2. The number of carbonyl (C=O) groups is 1. The minimum absolute atomic E-state index is 0.170. The van der Waals surface area contributed by atoms with Gasteiger partial charge in [-0.2, -0.15) is 0 Å². The third-order valence-corrected chi connectivity index (χ3v) is 7.34.